The summed E-state index contributed by atoms with van der Waals surface area (Å²) in [5.41, 5.74) is 1.30. The van der Waals surface area contributed by atoms with E-state index in [2.05, 4.69) is 25.8 Å². The van der Waals surface area contributed by atoms with Gasteiger partial charge in [0.05, 0.1) is 5.69 Å². The summed E-state index contributed by atoms with van der Waals surface area (Å²) in [5.74, 6) is -2.47. The lowest BCUT2D eigenvalue weighted by Crippen LogP contribution is -2.36. The molecule has 0 aliphatic heterocycles. The van der Waals surface area contributed by atoms with Crippen molar-refractivity contribution in [1.29, 1.82) is 0 Å². The van der Waals surface area contributed by atoms with Crippen molar-refractivity contribution in [3.8, 4) is 11.3 Å². The zero-order valence-electron chi connectivity index (χ0n) is 16.3. The van der Waals surface area contributed by atoms with Crippen molar-refractivity contribution in [2.24, 2.45) is 10.9 Å². The Kier molecular flexibility index (Phi) is 6.51. The van der Waals surface area contributed by atoms with Crippen LogP contribution < -0.4 is 10.6 Å². The number of aromatic amines is 1. The first-order valence-electron chi connectivity index (χ1n) is 9.21. The first-order chi connectivity index (χ1) is 14.3. The Labute approximate surface area is 171 Å². The Morgan fingerprint density at radius 1 is 1.07 bits per heavy atom. The van der Waals surface area contributed by atoms with Gasteiger partial charge in [0.25, 0.3) is 5.91 Å². The maximum Gasteiger partial charge on any atom is 0.258 e. The number of carbonyl (C=O) groups excluding carboxylic acids is 1. The normalized spacial score (nSPS) is 11.6. The van der Waals surface area contributed by atoms with Crippen LogP contribution >= 0.6 is 0 Å². The molecule has 156 valence electrons. The molecule has 9 heteroatoms. The van der Waals surface area contributed by atoms with E-state index < -0.39 is 17.5 Å². The van der Waals surface area contributed by atoms with Crippen LogP contribution in [0.5, 0.6) is 0 Å². The fourth-order valence-corrected chi connectivity index (χ4v) is 2.49. The summed E-state index contributed by atoms with van der Waals surface area (Å²) in [6.45, 7) is 4.33. The number of aromatic nitrogens is 2. The Morgan fingerprint density at radius 2 is 1.80 bits per heavy atom. The molecule has 0 unspecified atom stereocenters. The van der Waals surface area contributed by atoms with Crippen molar-refractivity contribution in [3.05, 3.63) is 71.5 Å². The standard InChI is InChI=1S/C21H20F3N5O/c1-12(2)11-25-21(27-20(30)14-5-8-16(23)17(24)9-14)26-19-10-18(28-29-19)13-3-6-15(22)7-4-13/h3-10,12H,11H2,1-2H3,(H3,25,26,27,28,29,30). The van der Waals surface area contributed by atoms with Crippen molar-refractivity contribution < 1.29 is 18.0 Å². The number of hydrogen-bond acceptors (Lipinski definition) is 3. The number of H-pyrrole nitrogens is 1. The molecule has 0 radical (unpaired) electrons. The molecule has 1 heterocycles. The molecule has 0 spiro atoms. The molecule has 0 atom stereocenters. The second kappa shape index (κ2) is 9.25. The van der Waals surface area contributed by atoms with Crippen molar-refractivity contribution in [2.45, 2.75) is 13.8 Å². The van der Waals surface area contributed by atoms with Crippen LogP contribution in [0.1, 0.15) is 24.2 Å². The van der Waals surface area contributed by atoms with E-state index >= 15 is 0 Å². The molecule has 3 N–H and O–H groups in total. The van der Waals surface area contributed by atoms with E-state index in [0.29, 0.717) is 18.1 Å². The molecule has 0 fully saturated rings. The first-order valence-corrected chi connectivity index (χ1v) is 9.21. The topological polar surface area (TPSA) is 82.2 Å². The molecule has 2 aromatic carbocycles. The van der Waals surface area contributed by atoms with Gasteiger partial charge in [0.15, 0.2) is 17.5 Å². The Morgan fingerprint density at radius 3 is 2.47 bits per heavy atom. The number of anilines is 1. The number of aliphatic imine (C=N–C) groups is 1. The third-order valence-corrected chi connectivity index (χ3v) is 4.01. The third-order valence-electron chi connectivity index (χ3n) is 4.01. The van der Waals surface area contributed by atoms with Crippen molar-refractivity contribution >= 4 is 17.7 Å². The average molecular weight is 415 g/mol. The maximum atomic E-state index is 13.4. The second-order valence-corrected chi connectivity index (χ2v) is 6.96. The van der Waals surface area contributed by atoms with Crippen molar-refractivity contribution in [1.82, 2.24) is 15.5 Å². The number of guanidine groups is 1. The lowest BCUT2D eigenvalue weighted by atomic mass is 10.1. The molecule has 0 aliphatic rings. The summed E-state index contributed by atoms with van der Waals surface area (Å²) in [6, 6.07) is 10.4. The minimum absolute atomic E-state index is 0.0537. The van der Waals surface area contributed by atoms with Crippen LogP contribution in [0.3, 0.4) is 0 Å². The SMILES string of the molecule is CC(C)CN=C(NC(=O)c1ccc(F)c(F)c1)Nc1cc(-c2ccc(F)cc2)[nH]n1. The number of hydrogen-bond donors (Lipinski definition) is 3. The quantitative estimate of drug-likeness (QED) is 0.428. The van der Waals surface area contributed by atoms with E-state index in [1.54, 1.807) is 18.2 Å². The zero-order chi connectivity index (χ0) is 21.7. The summed E-state index contributed by atoms with van der Waals surface area (Å²) in [6.07, 6.45) is 0. The fourth-order valence-electron chi connectivity index (χ4n) is 2.49. The molecule has 0 aliphatic carbocycles. The number of benzene rings is 2. The van der Waals surface area contributed by atoms with Crippen LogP contribution in [-0.4, -0.2) is 28.6 Å². The van der Waals surface area contributed by atoms with Gasteiger partial charge in [-0.2, -0.15) is 5.10 Å². The van der Waals surface area contributed by atoms with E-state index in [4.69, 9.17) is 0 Å². The van der Waals surface area contributed by atoms with Crippen molar-refractivity contribution in [2.75, 3.05) is 11.9 Å². The van der Waals surface area contributed by atoms with Gasteiger partial charge in [-0.15, -0.1) is 0 Å². The number of halogens is 3. The molecular weight excluding hydrogens is 395 g/mol. The van der Waals surface area contributed by atoms with Crippen LogP contribution in [0.25, 0.3) is 11.3 Å². The third kappa shape index (κ3) is 5.47. The zero-order valence-corrected chi connectivity index (χ0v) is 16.3. The molecule has 30 heavy (non-hydrogen) atoms. The molecule has 3 aromatic rings. The van der Waals surface area contributed by atoms with E-state index in [-0.39, 0.29) is 23.3 Å². The summed E-state index contributed by atoms with van der Waals surface area (Å²) >= 11 is 0. The number of carbonyl (C=O) groups is 1. The Balaban J connectivity index is 1.77. The minimum atomic E-state index is -1.12. The van der Waals surface area contributed by atoms with Crippen LogP contribution in [0.15, 0.2) is 53.5 Å². The molecule has 1 amide bonds. The van der Waals surface area contributed by atoms with Gasteiger partial charge in [-0.05, 0) is 53.9 Å². The molecule has 0 saturated heterocycles. The smallest absolute Gasteiger partial charge is 0.258 e. The van der Waals surface area contributed by atoms with E-state index in [1.807, 2.05) is 13.8 Å². The molecule has 0 bridgehead atoms. The minimum Gasteiger partial charge on any atom is -0.309 e. The monoisotopic (exact) mass is 415 g/mol. The predicted octanol–water partition coefficient (Wildman–Crippen LogP) is 4.35. The first kappa shape index (κ1) is 21.1. The predicted molar refractivity (Wildman–Crippen MR) is 109 cm³/mol. The van der Waals surface area contributed by atoms with E-state index in [1.165, 1.54) is 18.2 Å². The van der Waals surface area contributed by atoms with E-state index in [0.717, 1.165) is 17.7 Å². The number of nitrogens with zero attached hydrogens (tertiary/aromatic N) is 2. The molecule has 6 nitrogen and oxygen atoms in total. The van der Waals surface area contributed by atoms with Crippen LogP contribution in [0, 0.1) is 23.4 Å². The average Bonchev–Trinajstić information content (AvgIpc) is 3.17. The van der Waals surface area contributed by atoms with Gasteiger partial charge < -0.3 is 5.32 Å². The fraction of sp³-hybridized carbons (Fsp3) is 0.190. The Bertz CT molecular complexity index is 1060. The highest BCUT2D eigenvalue weighted by Gasteiger charge is 2.14. The van der Waals surface area contributed by atoms with Gasteiger partial charge in [0.1, 0.15) is 5.82 Å². The van der Waals surface area contributed by atoms with Crippen LogP contribution in [-0.2, 0) is 0 Å². The van der Waals surface area contributed by atoms with Gasteiger partial charge >= 0.3 is 0 Å². The highest BCUT2D eigenvalue weighted by Crippen LogP contribution is 2.20. The molecule has 0 saturated carbocycles. The molecule has 3 rings (SSSR count). The maximum absolute atomic E-state index is 13.4. The summed E-state index contributed by atoms with van der Waals surface area (Å²) in [5, 5.41) is 12.4. The van der Waals surface area contributed by atoms with Gasteiger partial charge in [0, 0.05) is 18.2 Å². The summed E-state index contributed by atoms with van der Waals surface area (Å²) < 4.78 is 39.6. The van der Waals surface area contributed by atoms with Crippen molar-refractivity contribution in [3.63, 3.8) is 0 Å². The number of rotatable bonds is 5. The lowest BCUT2D eigenvalue weighted by molar-refractivity contribution is 0.0976. The number of nitrogens with one attached hydrogen (secondary N) is 3. The molecular formula is C21H20F3N5O. The van der Waals surface area contributed by atoms with Crippen LogP contribution in [0.4, 0.5) is 19.0 Å². The number of amides is 1. The van der Waals surface area contributed by atoms with Gasteiger partial charge in [-0.25, -0.2) is 13.2 Å². The van der Waals surface area contributed by atoms with Gasteiger partial charge in [-0.3, -0.25) is 20.2 Å². The molecule has 1 aromatic heterocycles. The highest BCUT2D eigenvalue weighted by molar-refractivity contribution is 6.09. The summed E-state index contributed by atoms with van der Waals surface area (Å²) in [4.78, 5) is 16.7. The van der Waals surface area contributed by atoms with E-state index in [9.17, 15) is 18.0 Å². The highest BCUT2D eigenvalue weighted by atomic mass is 19.2. The van der Waals surface area contributed by atoms with Gasteiger partial charge in [-0.1, -0.05) is 13.8 Å². The lowest BCUT2D eigenvalue weighted by Gasteiger charge is -2.11. The summed E-state index contributed by atoms with van der Waals surface area (Å²) in [7, 11) is 0. The largest absolute Gasteiger partial charge is 0.309 e. The van der Waals surface area contributed by atoms with Gasteiger partial charge in [0.2, 0.25) is 5.96 Å². The Hall–Kier alpha value is -3.62. The van der Waals surface area contributed by atoms with Crippen LogP contribution in [0.2, 0.25) is 0 Å². The second-order valence-electron chi connectivity index (χ2n) is 6.96.